The highest BCUT2D eigenvalue weighted by Crippen LogP contribution is 2.32. The summed E-state index contributed by atoms with van der Waals surface area (Å²) >= 11 is 9.02. The van der Waals surface area contributed by atoms with E-state index in [4.69, 9.17) is 17.3 Å². The van der Waals surface area contributed by atoms with Gasteiger partial charge in [-0.1, -0.05) is 11.6 Å². The van der Waals surface area contributed by atoms with Gasteiger partial charge in [-0.15, -0.1) is 0 Å². The smallest absolute Gasteiger partial charge is 0.229 e. The molecule has 0 spiro atoms. The standard InChI is InChI=1S/C9H8BrClN4O2/c10-6-7(11)13-3-14-9(6)15-2-4(8(12)17)1-5(15)16/h3-4H,1-2H2,(H2,12,17). The monoisotopic (exact) mass is 318 g/mol. The first-order valence-electron chi connectivity index (χ1n) is 4.76. The average Bonchev–Trinajstić information content (AvgIpc) is 2.65. The molecule has 6 nitrogen and oxygen atoms in total. The van der Waals surface area contributed by atoms with Crippen molar-refractivity contribution in [3.8, 4) is 0 Å². The Bertz CT molecular complexity index is 496. The second-order valence-corrected chi connectivity index (χ2v) is 4.76. The van der Waals surface area contributed by atoms with E-state index in [1.54, 1.807) is 0 Å². The van der Waals surface area contributed by atoms with Gasteiger partial charge in [-0.3, -0.25) is 14.5 Å². The first kappa shape index (κ1) is 12.3. The van der Waals surface area contributed by atoms with Gasteiger partial charge in [0.2, 0.25) is 11.8 Å². The molecule has 1 saturated heterocycles. The van der Waals surface area contributed by atoms with E-state index >= 15 is 0 Å². The second kappa shape index (κ2) is 4.58. The highest BCUT2D eigenvalue weighted by atomic mass is 79.9. The normalized spacial score (nSPS) is 19.8. The molecule has 1 aliphatic rings. The Balaban J connectivity index is 2.32. The van der Waals surface area contributed by atoms with E-state index in [1.165, 1.54) is 11.2 Å². The number of nitrogens with two attached hydrogens (primary N) is 1. The lowest BCUT2D eigenvalue weighted by molar-refractivity contribution is -0.123. The maximum absolute atomic E-state index is 11.7. The summed E-state index contributed by atoms with van der Waals surface area (Å²) in [5, 5.41) is 0.213. The molecule has 0 saturated carbocycles. The molecule has 0 aromatic carbocycles. The number of hydrogen-bond acceptors (Lipinski definition) is 4. The Morgan fingerprint density at radius 2 is 2.29 bits per heavy atom. The first-order chi connectivity index (χ1) is 8.00. The summed E-state index contributed by atoms with van der Waals surface area (Å²) in [6, 6.07) is 0. The van der Waals surface area contributed by atoms with Gasteiger partial charge in [0.1, 0.15) is 11.5 Å². The molecule has 1 fully saturated rings. The molecule has 90 valence electrons. The first-order valence-corrected chi connectivity index (χ1v) is 5.93. The van der Waals surface area contributed by atoms with Crippen LogP contribution >= 0.6 is 27.5 Å². The molecule has 1 aliphatic heterocycles. The van der Waals surface area contributed by atoms with Crippen molar-refractivity contribution in [1.82, 2.24) is 9.97 Å². The minimum Gasteiger partial charge on any atom is -0.369 e. The third kappa shape index (κ3) is 2.25. The lowest BCUT2D eigenvalue weighted by atomic mass is 10.1. The summed E-state index contributed by atoms with van der Waals surface area (Å²) in [4.78, 5) is 31.9. The van der Waals surface area contributed by atoms with Crippen molar-refractivity contribution in [3.05, 3.63) is 16.0 Å². The number of primary amides is 1. The van der Waals surface area contributed by atoms with Gasteiger partial charge in [-0.2, -0.15) is 0 Å². The molecule has 1 unspecified atom stereocenters. The number of rotatable bonds is 2. The number of carbonyl (C=O) groups is 2. The van der Waals surface area contributed by atoms with Crippen LogP contribution in [-0.2, 0) is 9.59 Å². The fourth-order valence-corrected chi connectivity index (χ4v) is 2.18. The Labute approximate surface area is 110 Å². The topological polar surface area (TPSA) is 89.2 Å². The van der Waals surface area contributed by atoms with Crippen LogP contribution in [0.4, 0.5) is 5.82 Å². The molecule has 2 rings (SSSR count). The fraction of sp³-hybridized carbons (Fsp3) is 0.333. The van der Waals surface area contributed by atoms with Crippen molar-refractivity contribution in [2.45, 2.75) is 6.42 Å². The van der Waals surface area contributed by atoms with Gasteiger partial charge in [-0.05, 0) is 15.9 Å². The molecule has 2 heterocycles. The number of aromatic nitrogens is 2. The molecule has 1 atom stereocenters. The van der Waals surface area contributed by atoms with E-state index < -0.39 is 11.8 Å². The zero-order chi connectivity index (χ0) is 12.6. The number of halogens is 2. The van der Waals surface area contributed by atoms with Crippen LogP contribution in [-0.4, -0.2) is 28.3 Å². The van der Waals surface area contributed by atoms with Gasteiger partial charge in [0.25, 0.3) is 0 Å². The van der Waals surface area contributed by atoms with Crippen molar-refractivity contribution < 1.29 is 9.59 Å². The highest BCUT2D eigenvalue weighted by Gasteiger charge is 2.35. The number of carbonyl (C=O) groups excluding carboxylic acids is 2. The summed E-state index contributed by atoms with van der Waals surface area (Å²) in [7, 11) is 0. The largest absolute Gasteiger partial charge is 0.369 e. The second-order valence-electron chi connectivity index (χ2n) is 3.61. The lowest BCUT2D eigenvalue weighted by Crippen LogP contribution is -2.29. The van der Waals surface area contributed by atoms with Crippen molar-refractivity contribution >= 4 is 45.2 Å². The predicted octanol–water partition coefficient (Wildman–Crippen LogP) is 0.731. The number of hydrogen-bond donors (Lipinski definition) is 1. The minimum absolute atomic E-state index is 0.101. The molecule has 2 N–H and O–H groups in total. The number of nitrogens with zero attached hydrogens (tertiary/aromatic N) is 3. The molecule has 1 aromatic heterocycles. The van der Waals surface area contributed by atoms with Gasteiger partial charge >= 0.3 is 0 Å². The predicted molar refractivity (Wildman–Crippen MR) is 64.4 cm³/mol. The zero-order valence-corrected chi connectivity index (χ0v) is 10.9. The lowest BCUT2D eigenvalue weighted by Gasteiger charge is -2.16. The molecule has 0 bridgehead atoms. The number of anilines is 1. The van der Waals surface area contributed by atoms with Crippen LogP contribution in [0.5, 0.6) is 0 Å². The average molecular weight is 320 g/mol. The van der Waals surface area contributed by atoms with Crippen LogP contribution in [0.1, 0.15) is 6.42 Å². The summed E-state index contributed by atoms with van der Waals surface area (Å²) in [6.45, 7) is 0.222. The van der Waals surface area contributed by atoms with Gasteiger partial charge in [0.05, 0.1) is 10.4 Å². The van der Waals surface area contributed by atoms with Crippen LogP contribution in [0.25, 0.3) is 0 Å². The van der Waals surface area contributed by atoms with E-state index in [-0.39, 0.29) is 24.0 Å². The summed E-state index contributed by atoms with van der Waals surface area (Å²) in [6.07, 6.45) is 1.36. The zero-order valence-electron chi connectivity index (χ0n) is 8.56. The molecular weight excluding hydrogens is 311 g/mol. The highest BCUT2D eigenvalue weighted by molar-refractivity contribution is 9.10. The third-order valence-corrected chi connectivity index (χ3v) is 3.76. The van der Waals surface area contributed by atoms with E-state index in [2.05, 4.69) is 25.9 Å². The Morgan fingerprint density at radius 1 is 1.59 bits per heavy atom. The Hall–Kier alpha value is -1.21. The van der Waals surface area contributed by atoms with Gasteiger partial charge in [0.15, 0.2) is 5.82 Å². The van der Waals surface area contributed by atoms with Crippen molar-refractivity contribution in [2.75, 3.05) is 11.4 Å². The van der Waals surface area contributed by atoms with E-state index in [1.807, 2.05) is 0 Å². The van der Waals surface area contributed by atoms with E-state index in [0.29, 0.717) is 10.3 Å². The van der Waals surface area contributed by atoms with Gasteiger partial charge in [-0.25, -0.2) is 9.97 Å². The Kier molecular flexibility index (Phi) is 3.30. The molecular formula is C9H8BrClN4O2. The third-order valence-electron chi connectivity index (χ3n) is 2.51. The van der Waals surface area contributed by atoms with E-state index in [9.17, 15) is 9.59 Å². The SMILES string of the molecule is NC(=O)C1CC(=O)N(c2ncnc(Cl)c2Br)C1. The van der Waals surface area contributed by atoms with Crippen LogP contribution in [0.2, 0.25) is 5.15 Å². The van der Waals surface area contributed by atoms with Crippen molar-refractivity contribution in [1.29, 1.82) is 0 Å². The van der Waals surface area contributed by atoms with Crippen molar-refractivity contribution in [2.24, 2.45) is 11.7 Å². The van der Waals surface area contributed by atoms with Crippen molar-refractivity contribution in [3.63, 3.8) is 0 Å². The molecule has 8 heteroatoms. The summed E-state index contributed by atoms with van der Waals surface area (Å²) < 4.78 is 0.431. The molecule has 2 amide bonds. The van der Waals surface area contributed by atoms with Crippen LogP contribution in [0.15, 0.2) is 10.8 Å². The molecule has 0 aliphatic carbocycles. The molecule has 0 radical (unpaired) electrons. The van der Waals surface area contributed by atoms with Crippen LogP contribution < -0.4 is 10.6 Å². The Morgan fingerprint density at radius 3 is 2.88 bits per heavy atom. The van der Waals surface area contributed by atoms with Gasteiger partial charge in [0, 0.05) is 13.0 Å². The maximum atomic E-state index is 11.7. The fourth-order valence-electron chi connectivity index (χ4n) is 1.63. The summed E-state index contributed by atoms with van der Waals surface area (Å²) in [5.41, 5.74) is 5.18. The number of amides is 2. The van der Waals surface area contributed by atoms with Crippen LogP contribution in [0.3, 0.4) is 0 Å². The van der Waals surface area contributed by atoms with Crippen LogP contribution in [0, 0.1) is 5.92 Å². The summed E-state index contributed by atoms with van der Waals surface area (Å²) in [5.74, 6) is -0.816. The quantitative estimate of drug-likeness (QED) is 0.814. The van der Waals surface area contributed by atoms with Gasteiger partial charge < -0.3 is 5.73 Å². The maximum Gasteiger partial charge on any atom is 0.229 e. The molecule has 1 aromatic rings. The molecule has 17 heavy (non-hydrogen) atoms. The minimum atomic E-state index is -0.489. The van der Waals surface area contributed by atoms with E-state index in [0.717, 1.165) is 0 Å².